The van der Waals surface area contributed by atoms with Crippen molar-refractivity contribution in [3.05, 3.63) is 10.1 Å². The van der Waals surface area contributed by atoms with Gasteiger partial charge in [-0.1, -0.05) is 0 Å². The van der Waals surface area contributed by atoms with Gasteiger partial charge in [0, 0.05) is 0 Å². The van der Waals surface area contributed by atoms with Crippen LogP contribution in [0.1, 0.15) is 0 Å². The Balaban J connectivity index is -0.0000000450. The highest BCUT2D eigenvalue weighted by atomic mass is 16.9. The van der Waals surface area contributed by atoms with Gasteiger partial charge in [0.2, 0.25) is 0 Å². The molecule has 6 N–H and O–H groups in total. The molecule has 0 fully saturated rings. The van der Waals surface area contributed by atoms with E-state index in [1.54, 1.807) is 0 Å². The third kappa shape index (κ3) is 18.1. The molecule has 0 aromatic rings. The molecule has 0 aliphatic heterocycles. The molecule has 0 heterocycles. The van der Waals surface area contributed by atoms with Gasteiger partial charge in [-0.3, -0.25) is 0 Å². The molecule has 0 aliphatic carbocycles. The van der Waals surface area contributed by atoms with E-state index in [0.29, 0.717) is 0 Å². The molecule has 0 amide bonds. The van der Waals surface area contributed by atoms with Gasteiger partial charge in [0.15, 0.2) is 0 Å². The van der Waals surface area contributed by atoms with E-state index in [4.69, 9.17) is 15.3 Å². The maximum atomic E-state index is 8.36. The minimum absolute atomic E-state index is 0. The topological polar surface area (TPSA) is 130 Å². The van der Waals surface area contributed by atoms with Crippen LogP contribution in [0.25, 0.3) is 0 Å². The minimum atomic E-state index is -1.50. The minimum Gasteiger partial charge on any atom is -0.412 e. The van der Waals surface area contributed by atoms with E-state index in [1.165, 1.54) is 0 Å². The lowest BCUT2D eigenvalue weighted by Crippen LogP contribution is -1.81. The van der Waals surface area contributed by atoms with Crippen molar-refractivity contribution >= 4 is 0 Å². The van der Waals surface area contributed by atoms with Crippen LogP contribution in [-0.4, -0.2) is 15.8 Å². The number of nitrogens with zero attached hydrogens (tertiary/aromatic N) is 1. The molecular formula is H6N2O4. The predicted octanol–water partition coefficient (Wildman–Crippen LogP) is -1.01. The van der Waals surface area contributed by atoms with Gasteiger partial charge in [0.25, 0.3) is 5.09 Å². The van der Waals surface area contributed by atoms with Crippen LogP contribution >= 0.6 is 0 Å². The van der Waals surface area contributed by atoms with Crippen molar-refractivity contribution in [3.8, 4) is 0 Å². The van der Waals surface area contributed by atoms with Crippen LogP contribution in [0, 0.1) is 10.1 Å². The summed E-state index contributed by atoms with van der Waals surface area (Å²) >= 11 is 0. The van der Waals surface area contributed by atoms with Gasteiger partial charge in [0.05, 0.1) is 0 Å². The van der Waals surface area contributed by atoms with E-state index in [-0.39, 0.29) is 11.6 Å². The Bertz CT molecular complexity index is 28.5. The zero-order valence-electron chi connectivity index (χ0n) is 2.92. The van der Waals surface area contributed by atoms with E-state index in [0.717, 1.165) is 0 Å². The summed E-state index contributed by atoms with van der Waals surface area (Å²) < 4.78 is 0. The van der Waals surface area contributed by atoms with Gasteiger partial charge in [-0.2, -0.15) is 0 Å². The van der Waals surface area contributed by atoms with Crippen molar-refractivity contribution in [2.24, 2.45) is 0 Å². The Labute approximate surface area is 33.4 Å². The number of hydrogen-bond donors (Lipinski definition) is 2. The first-order valence-corrected chi connectivity index (χ1v) is 0.565. The second kappa shape index (κ2) is 8.92. The average Bonchev–Trinajstić information content (AvgIpc) is 0.811. The van der Waals surface area contributed by atoms with Crippen LogP contribution in [0.5, 0.6) is 0 Å². The molecule has 0 aliphatic rings. The van der Waals surface area contributed by atoms with Gasteiger partial charge < -0.3 is 16.8 Å². The van der Waals surface area contributed by atoms with Crippen LogP contribution in [0.4, 0.5) is 0 Å². The standard InChI is InChI=1S/HNO3.H3N.H2O/c2-1(3)4;;/h(H,2,3,4);1H3;1H2. The molecule has 0 unspecified atom stereocenters. The largest absolute Gasteiger partial charge is 0.412 e. The lowest BCUT2D eigenvalue weighted by molar-refractivity contribution is -0.742. The fourth-order valence-electron chi connectivity index (χ4n) is 0. The maximum Gasteiger partial charge on any atom is 0.291 e. The number of hydrogen-bond acceptors (Lipinski definition) is 3. The fourth-order valence-corrected chi connectivity index (χ4v) is 0. The highest BCUT2D eigenvalue weighted by Gasteiger charge is 1.65. The van der Waals surface area contributed by atoms with Crippen molar-refractivity contribution in [1.29, 1.82) is 0 Å². The molecule has 0 aromatic heterocycles. The molecule has 0 bridgehead atoms. The third-order valence-electron chi connectivity index (χ3n) is 0. The monoisotopic (exact) mass is 98.0 g/mol. The Morgan fingerprint density at radius 1 is 1.67 bits per heavy atom. The van der Waals surface area contributed by atoms with E-state index < -0.39 is 5.09 Å². The molecule has 0 saturated heterocycles. The van der Waals surface area contributed by atoms with Gasteiger partial charge >= 0.3 is 0 Å². The van der Waals surface area contributed by atoms with Crippen LogP contribution < -0.4 is 6.15 Å². The summed E-state index contributed by atoms with van der Waals surface area (Å²) in [6.45, 7) is 0. The molecule has 6 nitrogen and oxygen atoms in total. The van der Waals surface area contributed by atoms with Gasteiger partial charge in [-0.15, -0.1) is 10.1 Å². The summed E-state index contributed by atoms with van der Waals surface area (Å²) in [7, 11) is 0. The highest BCUT2D eigenvalue weighted by molar-refractivity contribution is 3.83. The van der Waals surface area contributed by atoms with Crippen molar-refractivity contribution in [1.82, 2.24) is 6.15 Å². The predicted molar refractivity (Wildman–Crippen MR) is 17.4 cm³/mol. The number of rotatable bonds is 0. The second-order valence-electron chi connectivity index (χ2n) is 0.238. The summed E-state index contributed by atoms with van der Waals surface area (Å²) in [6.07, 6.45) is 0. The van der Waals surface area contributed by atoms with Crippen LogP contribution in [0.15, 0.2) is 0 Å². The molecule has 0 aromatic carbocycles. The molecule has 6 heteroatoms. The molecule has 6 heavy (non-hydrogen) atoms. The molecule has 0 rings (SSSR count). The lowest BCUT2D eigenvalue weighted by Gasteiger charge is -1.56. The molecule has 0 saturated carbocycles. The Morgan fingerprint density at radius 2 is 1.67 bits per heavy atom. The molecular weight excluding hydrogens is 92.0 g/mol. The first kappa shape index (κ1) is 19.3. The summed E-state index contributed by atoms with van der Waals surface area (Å²) in [5.74, 6) is 0. The first-order valence-electron chi connectivity index (χ1n) is 0.565. The summed E-state index contributed by atoms with van der Waals surface area (Å²) in [5.41, 5.74) is 0. The van der Waals surface area contributed by atoms with E-state index in [9.17, 15) is 0 Å². The van der Waals surface area contributed by atoms with Crippen molar-refractivity contribution < 1.29 is 15.8 Å². The highest BCUT2D eigenvalue weighted by Crippen LogP contribution is 1.38. The smallest absolute Gasteiger partial charge is 0.291 e. The molecule has 40 valence electrons. The second-order valence-corrected chi connectivity index (χ2v) is 0.238. The van der Waals surface area contributed by atoms with Crippen LogP contribution in [0.3, 0.4) is 0 Å². The van der Waals surface area contributed by atoms with E-state index in [2.05, 4.69) is 0 Å². The Morgan fingerprint density at radius 3 is 1.67 bits per heavy atom. The van der Waals surface area contributed by atoms with Crippen molar-refractivity contribution in [2.45, 2.75) is 0 Å². The average molecular weight is 98.1 g/mol. The maximum absolute atomic E-state index is 8.36. The van der Waals surface area contributed by atoms with E-state index in [1.807, 2.05) is 0 Å². The first-order chi connectivity index (χ1) is 1.73. The quantitative estimate of drug-likeness (QED) is 0.297. The Kier molecular flexibility index (Phi) is 28.8. The molecule has 0 radical (unpaired) electrons. The summed E-state index contributed by atoms with van der Waals surface area (Å²) in [5, 5.41) is 13.6. The zero-order chi connectivity index (χ0) is 3.58. The third-order valence-corrected chi connectivity index (χ3v) is 0. The van der Waals surface area contributed by atoms with Crippen LogP contribution in [-0.2, 0) is 0 Å². The normalized spacial score (nSPS) is 4.00. The fraction of sp³-hybridized carbons (Fsp3) is 0. The zero-order valence-corrected chi connectivity index (χ0v) is 2.92. The lowest BCUT2D eigenvalue weighted by atomic mass is 13.1. The summed E-state index contributed by atoms with van der Waals surface area (Å²) in [4.78, 5) is 8.36. The van der Waals surface area contributed by atoms with Crippen LogP contribution in [0.2, 0.25) is 0 Å². The SMILES string of the molecule is N.O.O=[N+]([O-])O. The van der Waals surface area contributed by atoms with Gasteiger partial charge in [0.1, 0.15) is 0 Å². The summed E-state index contributed by atoms with van der Waals surface area (Å²) in [6, 6.07) is 0. The van der Waals surface area contributed by atoms with Crippen molar-refractivity contribution in [2.75, 3.05) is 0 Å². The molecule has 0 spiro atoms. The molecule has 0 atom stereocenters. The van der Waals surface area contributed by atoms with Gasteiger partial charge in [-0.05, 0) is 0 Å². The van der Waals surface area contributed by atoms with Gasteiger partial charge in [-0.25, -0.2) is 0 Å². The van der Waals surface area contributed by atoms with Crippen molar-refractivity contribution in [3.63, 3.8) is 0 Å². The van der Waals surface area contributed by atoms with E-state index >= 15 is 0 Å². The Hall–Kier alpha value is -0.880.